The third kappa shape index (κ3) is 2.72. The van der Waals surface area contributed by atoms with E-state index in [0.29, 0.717) is 30.2 Å². The highest BCUT2D eigenvalue weighted by Crippen LogP contribution is 2.37. The number of anilines is 1. The fourth-order valence-corrected chi connectivity index (χ4v) is 2.29. The SMILES string of the molecule is CCCOc1ccc(F)c2c1NCC(c1cncnc1)=C2. The van der Waals surface area contributed by atoms with Crippen LogP contribution in [0.3, 0.4) is 0 Å². The van der Waals surface area contributed by atoms with Gasteiger partial charge in [0.1, 0.15) is 17.9 Å². The quantitative estimate of drug-likeness (QED) is 0.935. The van der Waals surface area contributed by atoms with Crippen LogP contribution in [0.15, 0.2) is 30.9 Å². The molecule has 0 spiro atoms. The molecule has 0 unspecified atom stereocenters. The molecule has 21 heavy (non-hydrogen) atoms. The molecule has 2 heterocycles. The third-order valence-corrected chi connectivity index (χ3v) is 3.32. The van der Waals surface area contributed by atoms with Gasteiger partial charge in [0.15, 0.2) is 0 Å². The van der Waals surface area contributed by atoms with Gasteiger partial charge in [-0.25, -0.2) is 14.4 Å². The van der Waals surface area contributed by atoms with Gasteiger partial charge in [0.2, 0.25) is 0 Å². The summed E-state index contributed by atoms with van der Waals surface area (Å²) in [5.74, 6) is 0.420. The number of ether oxygens (including phenoxy) is 1. The monoisotopic (exact) mass is 285 g/mol. The maximum absolute atomic E-state index is 14.1. The molecule has 4 nitrogen and oxygen atoms in total. The molecule has 108 valence electrons. The largest absolute Gasteiger partial charge is 0.491 e. The van der Waals surface area contributed by atoms with E-state index < -0.39 is 0 Å². The van der Waals surface area contributed by atoms with Gasteiger partial charge in [0.05, 0.1) is 12.3 Å². The molecule has 0 fully saturated rings. The summed E-state index contributed by atoms with van der Waals surface area (Å²) in [5, 5.41) is 3.24. The molecular formula is C16H16FN3O. The molecule has 0 aliphatic carbocycles. The fraction of sp³-hybridized carbons (Fsp3) is 0.250. The van der Waals surface area contributed by atoms with Crippen molar-refractivity contribution in [2.45, 2.75) is 13.3 Å². The van der Waals surface area contributed by atoms with Crippen LogP contribution >= 0.6 is 0 Å². The number of rotatable bonds is 4. The van der Waals surface area contributed by atoms with Crippen molar-refractivity contribution in [1.29, 1.82) is 0 Å². The lowest BCUT2D eigenvalue weighted by Crippen LogP contribution is -2.13. The molecule has 0 saturated heterocycles. The van der Waals surface area contributed by atoms with E-state index in [1.165, 1.54) is 12.4 Å². The molecule has 0 radical (unpaired) electrons. The minimum absolute atomic E-state index is 0.268. The zero-order valence-corrected chi connectivity index (χ0v) is 11.8. The Balaban J connectivity index is 2.00. The van der Waals surface area contributed by atoms with Crippen molar-refractivity contribution in [3.63, 3.8) is 0 Å². The van der Waals surface area contributed by atoms with Crippen LogP contribution in [0.1, 0.15) is 24.5 Å². The average molecular weight is 285 g/mol. The molecule has 0 saturated carbocycles. The second-order valence-electron chi connectivity index (χ2n) is 4.83. The number of aromatic nitrogens is 2. The van der Waals surface area contributed by atoms with Gasteiger partial charge in [-0.3, -0.25) is 0 Å². The predicted molar refractivity (Wildman–Crippen MR) is 80.6 cm³/mol. The summed E-state index contributed by atoms with van der Waals surface area (Å²) >= 11 is 0. The second-order valence-corrected chi connectivity index (χ2v) is 4.83. The van der Waals surface area contributed by atoms with Crippen molar-refractivity contribution < 1.29 is 9.13 Å². The predicted octanol–water partition coefficient (Wildman–Crippen LogP) is 3.37. The molecular weight excluding hydrogens is 269 g/mol. The van der Waals surface area contributed by atoms with E-state index in [4.69, 9.17) is 4.74 Å². The van der Waals surface area contributed by atoms with E-state index in [2.05, 4.69) is 15.3 Å². The van der Waals surface area contributed by atoms with Crippen molar-refractivity contribution in [2.24, 2.45) is 0 Å². The molecule has 1 aromatic heterocycles. The Morgan fingerprint density at radius 1 is 1.29 bits per heavy atom. The first-order valence-electron chi connectivity index (χ1n) is 6.94. The van der Waals surface area contributed by atoms with Gasteiger partial charge in [-0.1, -0.05) is 6.92 Å². The number of hydrogen-bond acceptors (Lipinski definition) is 4. The van der Waals surface area contributed by atoms with Crippen molar-refractivity contribution >= 4 is 17.3 Å². The molecule has 1 aromatic carbocycles. The fourth-order valence-electron chi connectivity index (χ4n) is 2.29. The molecule has 3 rings (SSSR count). The summed E-state index contributed by atoms with van der Waals surface area (Å²) in [7, 11) is 0. The van der Waals surface area contributed by atoms with Gasteiger partial charge in [0, 0.05) is 30.1 Å². The Hall–Kier alpha value is -2.43. The summed E-state index contributed by atoms with van der Waals surface area (Å²) in [4.78, 5) is 8.00. The van der Waals surface area contributed by atoms with Gasteiger partial charge in [0.25, 0.3) is 0 Å². The number of halogens is 1. The van der Waals surface area contributed by atoms with E-state index in [0.717, 1.165) is 17.6 Å². The lowest BCUT2D eigenvalue weighted by molar-refractivity contribution is 0.318. The highest BCUT2D eigenvalue weighted by Gasteiger charge is 2.19. The summed E-state index contributed by atoms with van der Waals surface area (Å²) in [6, 6.07) is 3.10. The van der Waals surface area contributed by atoms with Crippen molar-refractivity contribution in [3.05, 3.63) is 47.8 Å². The Kier molecular flexibility index (Phi) is 3.81. The first kappa shape index (κ1) is 13.5. The zero-order valence-electron chi connectivity index (χ0n) is 11.8. The third-order valence-electron chi connectivity index (χ3n) is 3.32. The van der Waals surface area contributed by atoms with Crippen LogP contribution < -0.4 is 10.1 Å². The molecule has 0 atom stereocenters. The molecule has 2 aromatic rings. The lowest BCUT2D eigenvalue weighted by Gasteiger charge is -2.22. The van der Waals surface area contributed by atoms with Crippen LogP contribution in [0.5, 0.6) is 5.75 Å². The number of nitrogens with one attached hydrogen (secondary N) is 1. The van der Waals surface area contributed by atoms with Gasteiger partial charge in [-0.05, 0) is 30.2 Å². The van der Waals surface area contributed by atoms with E-state index in [1.54, 1.807) is 18.5 Å². The van der Waals surface area contributed by atoms with Crippen molar-refractivity contribution in [2.75, 3.05) is 18.5 Å². The maximum Gasteiger partial charge on any atom is 0.143 e. The minimum Gasteiger partial charge on any atom is -0.491 e. The first-order valence-corrected chi connectivity index (χ1v) is 6.94. The highest BCUT2D eigenvalue weighted by atomic mass is 19.1. The van der Waals surface area contributed by atoms with Gasteiger partial charge in [-0.2, -0.15) is 0 Å². The molecule has 5 heteroatoms. The van der Waals surface area contributed by atoms with E-state index >= 15 is 0 Å². The van der Waals surface area contributed by atoms with Crippen LogP contribution in [0.2, 0.25) is 0 Å². The number of benzene rings is 1. The van der Waals surface area contributed by atoms with E-state index in [1.807, 2.05) is 13.0 Å². The smallest absolute Gasteiger partial charge is 0.143 e. The van der Waals surface area contributed by atoms with Crippen molar-refractivity contribution in [3.8, 4) is 5.75 Å². The summed E-state index contributed by atoms with van der Waals surface area (Å²) in [6.45, 7) is 3.24. The average Bonchev–Trinajstić information content (AvgIpc) is 2.55. The van der Waals surface area contributed by atoms with Crippen molar-refractivity contribution in [1.82, 2.24) is 9.97 Å². The topological polar surface area (TPSA) is 47.0 Å². The Labute approximate surface area is 122 Å². The maximum atomic E-state index is 14.1. The Bertz CT molecular complexity index is 671. The summed E-state index contributed by atoms with van der Waals surface area (Å²) in [6.07, 6.45) is 7.67. The van der Waals surface area contributed by atoms with Crippen LogP contribution in [-0.4, -0.2) is 23.1 Å². The van der Waals surface area contributed by atoms with Crippen LogP contribution in [0, 0.1) is 5.82 Å². The zero-order chi connectivity index (χ0) is 14.7. The Morgan fingerprint density at radius 2 is 2.10 bits per heavy atom. The molecule has 0 amide bonds. The van der Waals surface area contributed by atoms with Crippen LogP contribution in [0.25, 0.3) is 11.6 Å². The first-order chi connectivity index (χ1) is 10.3. The molecule has 1 aliphatic heterocycles. The number of hydrogen-bond donors (Lipinski definition) is 1. The molecule has 1 aliphatic rings. The highest BCUT2D eigenvalue weighted by molar-refractivity contribution is 5.92. The minimum atomic E-state index is -0.268. The van der Waals surface area contributed by atoms with Gasteiger partial charge >= 0.3 is 0 Å². The van der Waals surface area contributed by atoms with Crippen LogP contribution in [0.4, 0.5) is 10.1 Å². The van der Waals surface area contributed by atoms with Gasteiger partial charge < -0.3 is 10.1 Å². The van der Waals surface area contributed by atoms with Gasteiger partial charge in [-0.15, -0.1) is 0 Å². The standard InChI is InChI=1S/C16H16FN3O/c1-2-5-21-15-4-3-14(17)13-6-11(9-20-16(13)15)12-7-18-10-19-8-12/h3-4,6-8,10,20H,2,5,9H2,1H3. The summed E-state index contributed by atoms with van der Waals surface area (Å²) in [5.41, 5.74) is 3.07. The molecule has 0 bridgehead atoms. The second kappa shape index (κ2) is 5.91. The lowest BCUT2D eigenvalue weighted by atomic mass is 9.99. The normalized spacial score (nSPS) is 13.1. The Morgan fingerprint density at radius 3 is 2.86 bits per heavy atom. The van der Waals surface area contributed by atoms with Crippen LogP contribution in [-0.2, 0) is 0 Å². The number of nitrogens with zero attached hydrogens (tertiary/aromatic N) is 2. The molecule has 1 N–H and O–H groups in total. The number of fused-ring (bicyclic) bond motifs is 1. The van der Waals surface area contributed by atoms with E-state index in [-0.39, 0.29) is 5.82 Å². The summed E-state index contributed by atoms with van der Waals surface area (Å²) < 4.78 is 19.8. The van der Waals surface area contributed by atoms with E-state index in [9.17, 15) is 4.39 Å².